The van der Waals surface area contributed by atoms with E-state index in [4.69, 9.17) is 0 Å². The first-order valence-corrected chi connectivity index (χ1v) is 7.14. The molecule has 2 aromatic rings. The normalized spacial score (nSPS) is 12.6. The van der Waals surface area contributed by atoms with Crippen LogP contribution < -0.4 is 0 Å². The number of hydrogen-bond acceptors (Lipinski definition) is 3. The van der Waals surface area contributed by atoms with Crippen molar-refractivity contribution in [2.75, 3.05) is 0 Å². The lowest BCUT2D eigenvalue weighted by Crippen LogP contribution is -2.08. The molecule has 5 heteroatoms. The summed E-state index contributed by atoms with van der Waals surface area (Å²) < 4.78 is 3.62. The average molecular weight is 274 g/mol. The maximum absolute atomic E-state index is 12.4. The Kier molecular flexibility index (Phi) is 4.37. The third-order valence-corrected chi connectivity index (χ3v) is 3.59. The molecule has 2 aromatic heterocycles. The predicted octanol–water partition coefficient (Wildman–Crippen LogP) is 2.58. The molecule has 0 amide bonds. The van der Waals surface area contributed by atoms with Crippen molar-refractivity contribution in [3.05, 3.63) is 35.4 Å². The minimum Gasteiger partial charge on any atom is -0.294 e. The molecule has 20 heavy (non-hydrogen) atoms. The summed E-state index contributed by atoms with van der Waals surface area (Å²) in [7, 11) is 1.84. The van der Waals surface area contributed by atoms with Gasteiger partial charge in [-0.1, -0.05) is 13.8 Å². The predicted molar refractivity (Wildman–Crippen MR) is 77.8 cm³/mol. The van der Waals surface area contributed by atoms with E-state index in [1.165, 1.54) is 0 Å². The van der Waals surface area contributed by atoms with Crippen molar-refractivity contribution in [1.82, 2.24) is 19.6 Å². The van der Waals surface area contributed by atoms with Gasteiger partial charge in [0.1, 0.15) is 0 Å². The van der Waals surface area contributed by atoms with Crippen molar-refractivity contribution in [1.29, 1.82) is 0 Å². The number of Topliss-reactive ketones (excluding diaryl/α,β-unsaturated/α-hetero) is 1. The van der Waals surface area contributed by atoms with Crippen LogP contribution in [0.15, 0.2) is 18.5 Å². The number of ketones is 1. The monoisotopic (exact) mass is 274 g/mol. The van der Waals surface area contributed by atoms with Crippen LogP contribution in [0.4, 0.5) is 0 Å². The zero-order valence-electron chi connectivity index (χ0n) is 12.6. The second-order valence-corrected chi connectivity index (χ2v) is 5.16. The molecule has 5 nitrogen and oxygen atoms in total. The molecule has 0 spiro atoms. The first-order chi connectivity index (χ1) is 9.55. The molecule has 0 bridgehead atoms. The molecule has 2 heterocycles. The second-order valence-electron chi connectivity index (χ2n) is 5.16. The molecule has 0 saturated heterocycles. The molecule has 0 aliphatic rings. The van der Waals surface area contributed by atoms with Gasteiger partial charge in [-0.05, 0) is 25.8 Å². The molecular weight excluding hydrogens is 252 g/mol. The smallest absolute Gasteiger partial charge is 0.172 e. The summed E-state index contributed by atoms with van der Waals surface area (Å²) in [6.45, 7) is 6.26. The lowest BCUT2D eigenvalue weighted by atomic mass is 10.1. The Morgan fingerprint density at radius 2 is 2.10 bits per heavy atom. The van der Waals surface area contributed by atoms with E-state index in [1.54, 1.807) is 10.9 Å². The molecule has 0 aromatic carbocycles. The number of nitrogens with zero attached hydrogens (tertiary/aromatic N) is 4. The van der Waals surface area contributed by atoms with Crippen LogP contribution in [0.5, 0.6) is 0 Å². The van der Waals surface area contributed by atoms with Gasteiger partial charge >= 0.3 is 0 Å². The first kappa shape index (κ1) is 14.5. The maximum Gasteiger partial charge on any atom is 0.172 e. The van der Waals surface area contributed by atoms with Crippen LogP contribution in [0.1, 0.15) is 55.0 Å². The highest BCUT2D eigenvalue weighted by atomic mass is 16.1. The molecule has 108 valence electrons. The van der Waals surface area contributed by atoms with E-state index in [0.29, 0.717) is 18.0 Å². The summed E-state index contributed by atoms with van der Waals surface area (Å²) >= 11 is 0. The van der Waals surface area contributed by atoms with Gasteiger partial charge in [-0.2, -0.15) is 10.2 Å². The summed E-state index contributed by atoms with van der Waals surface area (Å²) in [5, 5.41) is 8.79. The molecule has 0 radical (unpaired) electrons. The number of rotatable bonds is 6. The molecule has 0 saturated carbocycles. The van der Waals surface area contributed by atoms with Gasteiger partial charge in [0.25, 0.3) is 0 Å². The largest absolute Gasteiger partial charge is 0.294 e. The Bertz CT molecular complexity index is 597. The molecule has 2 rings (SSSR count). The summed E-state index contributed by atoms with van der Waals surface area (Å²) in [6.07, 6.45) is 5.87. The third-order valence-electron chi connectivity index (χ3n) is 3.59. The maximum atomic E-state index is 12.4. The Balaban J connectivity index is 2.13. The second kappa shape index (κ2) is 6.03. The molecule has 1 atom stereocenters. The Morgan fingerprint density at radius 3 is 2.75 bits per heavy atom. The topological polar surface area (TPSA) is 52.7 Å². The summed E-state index contributed by atoms with van der Waals surface area (Å²) in [5.41, 5.74) is 2.40. The van der Waals surface area contributed by atoms with Crippen LogP contribution in [0.3, 0.4) is 0 Å². The van der Waals surface area contributed by atoms with Crippen LogP contribution in [-0.4, -0.2) is 25.3 Å². The van der Waals surface area contributed by atoms with Crippen molar-refractivity contribution in [2.45, 2.75) is 46.1 Å². The van der Waals surface area contributed by atoms with Crippen molar-refractivity contribution < 1.29 is 4.79 Å². The average Bonchev–Trinajstić information content (AvgIpc) is 3.04. The van der Waals surface area contributed by atoms with Crippen LogP contribution in [0.25, 0.3) is 0 Å². The highest BCUT2D eigenvalue weighted by molar-refractivity contribution is 5.98. The van der Waals surface area contributed by atoms with Gasteiger partial charge < -0.3 is 0 Å². The summed E-state index contributed by atoms with van der Waals surface area (Å²) in [6, 6.07) is 2.29. The number of carbonyl (C=O) groups is 1. The molecule has 0 aliphatic carbocycles. The van der Waals surface area contributed by atoms with Gasteiger partial charge in [0.15, 0.2) is 5.78 Å². The Morgan fingerprint density at radius 1 is 1.35 bits per heavy atom. The van der Waals surface area contributed by atoms with E-state index < -0.39 is 0 Å². The van der Waals surface area contributed by atoms with E-state index in [-0.39, 0.29) is 5.78 Å². The standard InChI is InChI=1S/C15H22N4O/c1-5-11(3)19-8-7-12(16-19)9-15(20)13-10-18(4)17-14(13)6-2/h7-8,10-11H,5-6,9H2,1-4H3. The number of aromatic nitrogens is 4. The highest BCUT2D eigenvalue weighted by Crippen LogP contribution is 2.13. The van der Waals surface area contributed by atoms with Crippen molar-refractivity contribution >= 4 is 5.78 Å². The van der Waals surface area contributed by atoms with E-state index in [1.807, 2.05) is 30.9 Å². The fraction of sp³-hybridized carbons (Fsp3) is 0.533. The van der Waals surface area contributed by atoms with Crippen molar-refractivity contribution in [3.63, 3.8) is 0 Å². The zero-order chi connectivity index (χ0) is 14.7. The van der Waals surface area contributed by atoms with Crippen LogP contribution in [-0.2, 0) is 19.9 Å². The molecule has 0 aliphatic heterocycles. The van der Waals surface area contributed by atoms with Crippen molar-refractivity contribution in [2.24, 2.45) is 7.05 Å². The quantitative estimate of drug-likeness (QED) is 0.761. The van der Waals surface area contributed by atoms with Gasteiger partial charge in [0.05, 0.1) is 23.4 Å². The fourth-order valence-corrected chi connectivity index (χ4v) is 2.19. The van der Waals surface area contributed by atoms with Crippen LogP contribution >= 0.6 is 0 Å². The Hall–Kier alpha value is -1.91. The molecule has 0 fully saturated rings. The minimum atomic E-state index is 0.0874. The van der Waals surface area contributed by atoms with Gasteiger partial charge in [-0.3, -0.25) is 14.2 Å². The van der Waals surface area contributed by atoms with E-state index in [0.717, 1.165) is 24.2 Å². The summed E-state index contributed by atoms with van der Waals surface area (Å²) in [4.78, 5) is 12.4. The van der Waals surface area contributed by atoms with Gasteiger partial charge in [0, 0.05) is 25.5 Å². The number of aryl methyl sites for hydroxylation is 2. The lowest BCUT2D eigenvalue weighted by Gasteiger charge is -2.07. The molecule has 0 N–H and O–H groups in total. The lowest BCUT2D eigenvalue weighted by molar-refractivity contribution is 0.0990. The minimum absolute atomic E-state index is 0.0874. The SMILES string of the molecule is CCc1nn(C)cc1C(=O)Cc1ccn(C(C)CC)n1. The zero-order valence-corrected chi connectivity index (χ0v) is 12.6. The third kappa shape index (κ3) is 2.98. The highest BCUT2D eigenvalue weighted by Gasteiger charge is 2.16. The first-order valence-electron chi connectivity index (χ1n) is 7.14. The fourth-order valence-electron chi connectivity index (χ4n) is 2.19. The number of carbonyl (C=O) groups excluding carboxylic acids is 1. The van der Waals surface area contributed by atoms with Gasteiger partial charge in [0.2, 0.25) is 0 Å². The van der Waals surface area contributed by atoms with Crippen LogP contribution in [0.2, 0.25) is 0 Å². The number of hydrogen-bond donors (Lipinski definition) is 0. The van der Waals surface area contributed by atoms with E-state index in [9.17, 15) is 4.79 Å². The van der Waals surface area contributed by atoms with Crippen LogP contribution in [0, 0.1) is 0 Å². The van der Waals surface area contributed by atoms with Gasteiger partial charge in [-0.15, -0.1) is 0 Å². The van der Waals surface area contributed by atoms with Gasteiger partial charge in [-0.25, -0.2) is 0 Å². The van der Waals surface area contributed by atoms with Crippen molar-refractivity contribution in [3.8, 4) is 0 Å². The summed E-state index contributed by atoms with van der Waals surface area (Å²) in [5.74, 6) is 0.0874. The molecule has 1 unspecified atom stereocenters. The van der Waals surface area contributed by atoms with E-state index in [2.05, 4.69) is 24.0 Å². The molecular formula is C15H22N4O. The van der Waals surface area contributed by atoms with E-state index >= 15 is 0 Å². The Labute approximate surface area is 119 Å².